The Hall–Kier alpha value is -5.94. The molecular weight excluding hydrogens is 591 g/mol. The van der Waals surface area contributed by atoms with Gasteiger partial charge in [-0.15, -0.1) is 0 Å². The maximum atomic E-state index is 14.5. The van der Waals surface area contributed by atoms with Gasteiger partial charge in [-0.25, -0.2) is 19.3 Å². The zero-order valence-electron chi connectivity index (χ0n) is 27.0. The summed E-state index contributed by atoms with van der Waals surface area (Å²) >= 11 is 0. The average Bonchev–Trinajstić information content (AvgIpc) is 3.45. The molecule has 0 fully saturated rings. The number of hydrogen-bond donors (Lipinski definition) is 0. The van der Waals surface area contributed by atoms with Gasteiger partial charge in [0, 0.05) is 27.5 Å². The van der Waals surface area contributed by atoms with Gasteiger partial charge in [0.1, 0.15) is 5.82 Å². The fourth-order valence-electron chi connectivity index (χ4n) is 6.38. The van der Waals surface area contributed by atoms with E-state index in [1.54, 1.807) is 12.1 Å². The summed E-state index contributed by atoms with van der Waals surface area (Å²) in [5.74, 6) is 1.47. The SMILES string of the molecule is CC(C)(C)c1ccc2c3ccccc3n(-c3cc(-c4cccc(F)c4)ccc3-c3nc(-c4ccccc4)nc(-c4ccccc4)n3)c2c1. The van der Waals surface area contributed by atoms with E-state index in [9.17, 15) is 4.39 Å². The second kappa shape index (κ2) is 11.7. The maximum absolute atomic E-state index is 14.5. The molecule has 0 atom stereocenters. The molecule has 6 aromatic carbocycles. The van der Waals surface area contributed by atoms with Gasteiger partial charge in [-0.2, -0.15) is 0 Å². The summed E-state index contributed by atoms with van der Waals surface area (Å²) in [5.41, 5.74) is 8.58. The average molecular weight is 625 g/mol. The summed E-state index contributed by atoms with van der Waals surface area (Å²) in [5, 5.41) is 2.31. The highest BCUT2D eigenvalue weighted by atomic mass is 19.1. The molecule has 8 aromatic rings. The van der Waals surface area contributed by atoms with Gasteiger partial charge >= 0.3 is 0 Å². The van der Waals surface area contributed by atoms with E-state index in [1.807, 2.05) is 72.8 Å². The number of hydrogen-bond acceptors (Lipinski definition) is 3. The molecule has 8 rings (SSSR count). The smallest absolute Gasteiger partial charge is 0.166 e. The summed E-state index contributed by atoms with van der Waals surface area (Å²) in [6.07, 6.45) is 0. The molecule has 2 heterocycles. The summed E-state index contributed by atoms with van der Waals surface area (Å²) in [6, 6.07) is 48.2. The van der Waals surface area contributed by atoms with Crippen molar-refractivity contribution in [1.29, 1.82) is 0 Å². The summed E-state index contributed by atoms with van der Waals surface area (Å²) in [7, 11) is 0. The monoisotopic (exact) mass is 624 g/mol. The predicted molar refractivity (Wildman–Crippen MR) is 195 cm³/mol. The molecular formula is C43H33FN4. The summed E-state index contributed by atoms with van der Waals surface area (Å²) < 4.78 is 16.8. The molecule has 0 aliphatic heterocycles. The van der Waals surface area contributed by atoms with Crippen LogP contribution in [-0.2, 0) is 5.41 Å². The molecule has 0 saturated carbocycles. The van der Waals surface area contributed by atoms with Crippen molar-refractivity contribution < 1.29 is 4.39 Å². The Bertz CT molecular complexity index is 2380. The van der Waals surface area contributed by atoms with Gasteiger partial charge in [-0.05, 0) is 58.5 Å². The lowest BCUT2D eigenvalue weighted by molar-refractivity contribution is 0.591. The molecule has 0 amide bonds. The molecule has 4 nitrogen and oxygen atoms in total. The van der Waals surface area contributed by atoms with Crippen LogP contribution in [0.15, 0.2) is 146 Å². The minimum atomic E-state index is -0.276. The topological polar surface area (TPSA) is 43.6 Å². The zero-order chi connectivity index (χ0) is 32.8. The van der Waals surface area contributed by atoms with Crippen LogP contribution in [0.4, 0.5) is 4.39 Å². The van der Waals surface area contributed by atoms with E-state index in [0.29, 0.717) is 17.5 Å². The molecule has 0 aliphatic rings. The molecule has 5 heteroatoms. The van der Waals surface area contributed by atoms with Gasteiger partial charge in [0.15, 0.2) is 17.5 Å². The van der Waals surface area contributed by atoms with Gasteiger partial charge in [0.25, 0.3) is 0 Å². The van der Waals surface area contributed by atoms with E-state index in [-0.39, 0.29) is 11.2 Å². The largest absolute Gasteiger partial charge is 0.308 e. The first-order chi connectivity index (χ1) is 23.3. The van der Waals surface area contributed by atoms with Crippen molar-refractivity contribution in [3.63, 3.8) is 0 Å². The number of rotatable bonds is 5. The van der Waals surface area contributed by atoms with E-state index in [1.165, 1.54) is 11.6 Å². The molecule has 0 aliphatic carbocycles. The van der Waals surface area contributed by atoms with Crippen molar-refractivity contribution in [2.24, 2.45) is 0 Å². The molecule has 0 bridgehead atoms. The van der Waals surface area contributed by atoms with Crippen molar-refractivity contribution in [1.82, 2.24) is 19.5 Å². The second-order valence-corrected chi connectivity index (χ2v) is 13.1. The number of nitrogens with zero attached hydrogens (tertiary/aromatic N) is 4. The Morgan fingerprint density at radius 3 is 1.73 bits per heavy atom. The highest BCUT2D eigenvalue weighted by molar-refractivity contribution is 6.10. The maximum Gasteiger partial charge on any atom is 0.166 e. The summed E-state index contributed by atoms with van der Waals surface area (Å²) in [6.45, 7) is 6.70. The second-order valence-electron chi connectivity index (χ2n) is 13.1. The lowest BCUT2D eigenvalue weighted by atomic mass is 9.86. The number of para-hydroxylation sites is 1. The molecule has 2 aromatic heterocycles. The van der Waals surface area contributed by atoms with Gasteiger partial charge in [-0.1, -0.05) is 130 Å². The fourth-order valence-corrected chi connectivity index (χ4v) is 6.38. The minimum Gasteiger partial charge on any atom is -0.308 e. The van der Waals surface area contributed by atoms with Crippen LogP contribution in [0.5, 0.6) is 0 Å². The molecule has 0 radical (unpaired) electrons. The van der Waals surface area contributed by atoms with Crippen LogP contribution in [0.1, 0.15) is 26.3 Å². The third kappa shape index (κ3) is 5.33. The third-order valence-electron chi connectivity index (χ3n) is 8.88. The fraction of sp³-hybridized carbons (Fsp3) is 0.0930. The molecule has 48 heavy (non-hydrogen) atoms. The molecule has 0 saturated heterocycles. The van der Waals surface area contributed by atoms with Crippen LogP contribution < -0.4 is 0 Å². The van der Waals surface area contributed by atoms with Crippen LogP contribution in [0, 0.1) is 5.82 Å². The van der Waals surface area contributed by atoms with Crippen molar-refractivity contribution in [3.8, 4) is 51.0 Å². The standard InChI is InChI=1S/C43H33FN4/c1-43(2,3)32-22-24-35-34-19-10-11-20-37(34)48(39(35)27-32)38-26-31(30-17-12-18-33(44)25-30)21-23-36(38)42-46-40(28-13-6-4-7-14-28)45-41(47-42)29-15-8-5-9-16-29/h4-27H,1-3H3. The van der Waals surface area contributed by atoms with Gasteiger partial charge in [0.05, 0.1) is 16.7 Å². The minimum absolute atomic E-state index is 0.0505. The van der Waals surface area contributed by atoms with Crippen molar-refractivity contribution in [2.45, 2.75) is 26.2 Å². The van der Waals surface area contributed by atoms with Crippen LogP contribution in [-0.4, -0.2) is 19.5 Å². The lowest BCUT2D eigenvalue weighted by Crippen LogP contribution is -2.11. The van der Waals surface area contributed by atoms with Gasteiger partial charge in [-0.3, -0.25) is 0 Å². The van der Waals surface area contributed by atoms with E-state index in [2.05, 4.69) is 79.9 Å². The van der Waals surface area contributed by atoms with Crippen LogP contribution >= 0.6 is 0 Å². The lowest BCUT2D eigenvalue weighted by Gasteiger charge is -2.20. The van der Waals surface area contributed by atoms with E-state index < -0.39 is 0 Å². The zero-order valence-corrected chi connectivity index (χ0v) is 27.0. The van der Waals surface area contributed by atoms with Gasteiger partial charge in [0.2, 0.25) is 0 Å². The van der Waals surface area contributed by atoms with Crippen LogP contribution in [0.25, 0.3) is 72.8 Å². The molecule has 232 valence electrons. The molecule has 0 unspecified atom stereocenters. The number of fused-ring (bicyclic) bond motifs is 3. The summed E-state index contributed by atoms with van der Waals surface area (Å²) in [4.78, 5) is 15.2. The number of halogens is 1. The van der Waals surface area contributed by atoms with E-state index in [4.69, 9.17) is 15.0 Å². The Labute approximate surface area is 279 Å². The number of aromatic nitrogens is 4. The first kappa shape index (κ1) is 29.5. The Morgan fingerprint density at radius 1 is 0.479 bits per heavy atom. The van der Waals surface area contributed by atoms with Gasteiger partial charge < -0.3 is 4.57 Å². The van der Waals surface area contributed by atoms with Crippen LogP contribution in [0.3, 0.4) is 0 Å². The molecule has 0 spiro atoms. The van der Waals surface area contributed by atoms with E-state index >= 15 is 0 Å². The van der Waals surface area contributed by atoms with E-state index in [0.717, 1.165) is 55.3 Å². The first-order valence-corrected chi connectivity index (χ1v) is 16.1. The van der Waals surface area contributed by atoms with Crippen LogP contribution in [0.2, 0.25) is 0 Å². The Kier molecular flexibility index (Phi) is 7.18. The Balaban J connectivity index is 1.47. The predicted octanol–water partition coefficient (Wildman–Crippen LogP) is 11.1. The third-order valence-corrected chi connectivity index (χ3v) is 8.88. The number of benzene rings is 6. The molecule has 0 N–H and O–H groups in total. The highest BCUT2D eigenvalue weighted by Gasteiger charge is 2.22. The Morgan fingerprint density at radius 2 is 1.06 bits per heavy atom. The van der Waals surface area contributed by atoms with Crippen molar-refractivity contribution in [3.05, 3.63) is 157 Å². The normalized spacial score (nSPS) is 11.8. The van der Waals surface area contributed by atoms with Crippen molar-refractivity contribution in [2.75, 3.05) is 0 Å². The highest BCUT2D eigenvalue weighted by Crippen LogP contribution is 2.39. The quantitative estimate of drug-likeness (QED) is 0.191. The van der Waals surface area contributed by atoms with Crippen molar-refractivity contribution >= 4 is 21.8 Å². The first-order valence-electron chi connectivity index (χ1n) is 16.1.